The number of aromatic nitrogens is 2. The topological polar surface area (TPSA) is 101 Å². The predicted molar refractivity (Wildman–Crippen MR) is 131 cm³/mol. The summed E-state index contributed by atoms with van der Waals surface area (Å²) in [5.41, 5.74) is 2.08. The third-order valence-electron chi connectivity index (χ3n) is 5.37. The SMILES string of the molecule is COc1ncc(F)cc1-c1ccc(CC(NC(=O)c2c(Cl)cccc2Cl)C(=O)O)c2ncccc12. The number of rotatable bonds is 7. The van der Waals surface area contributed by atoms with Crippen LogP contribution in [0.2, 0.25) is 10.0 Å². The Kier molecular flexibility index (Phi) is 7.14. The van der Waals surface area contributed by atoms with Gasteiger partial charge in [0.05, 0.1) is 34.4 Å². The van der Waals surface area contributed by atoms with E-state index in [2.05, 4.69) is 15.3 Å². The van der Waals surface area contributed by atoms with Crippen molar-refractivity contribution < 1.29 is 23.8 Å². The van der Waals surface area contributed by atoms with Gasteiger partial charge in [-0.25, -0.2) is 14.2 Å². The number of nitrogens with zero attached hydrogens (tertiary/aromatic N) is 2. The van der Waals surface area contributed by atoms with Crippen molar-refractivity contribution in [1.82, 2.24) is 15.3 Å². The number of methoxy groups -OCH3 is 1. The molecule has 10 heteroatoms. The molecule has 2 heterocycles. The van der Waals surface area contributed by atoms with Gasteiger partial charge >= 0.3 is 5.97 Å². The van der Waals surface area contributed by atoms with E-state index in [1.54, 1.807) is 36.5 Å². The van der Waals surface area contributed by atoms with Crippen molar-refractivity contribution in [1.29, 1.82) is 0 Å². The maximum Gasteiger partial charge on any atom is 0.326 e. The first-order chi connectivity index (χ1) is 16.8. The molecule has 2 aromatic carbocycles. The lowest BCUT2D eigenvalue weighted by Gasteiger charge is -2.18. The Balaban J connectivity index is 1.72. The molecule has 35 heavy (non-hydrogen) atoms. The van der Waals surface area contributed by atoms with Crippen molar-refractivity contribution in [3.8, 4) is 17.0 Å². The number of hydrogen-bond acceptors (Lipinski definition) is 5. The molecule has 0 fully saturated rings. The fourth-order valence-electron chi connectivity index (χ4n) is 3.78. The number of aliphatic carboxylic acids is 1. The van der Waals surface area contributed by atoms with Crippen LogP contribution in [0.4, 0.5) is 4.39 Å². The fourth-order valence-corrected chi connectivity index (χ4v) is 4.35. The molecule has 2 N–H and O–H groups in total. The maximum absolute atomic E-state index is 14.0. The summed E-state index contributed by atoms with van der Waals surface area (Å²) in [6.45, 7) is 0. The van der Waals surface area contributed by atoms with E-state index in [0.717, 1.165) is 6.20 Å². The predicted octanol–water partition coefficient (Wildman–Crippen LogP) is 5.18. The van der Waals surface area contributed by atoms with E-state index in [1.165, 1.54) is 25.3 Å². The molecule has 7 nitrogen and oxygen atoms in total. The van der Waals surface area contributed by atoms with Crippen LogP contribution in [0.5, 0.6) is 5.88 Å². The van der Waals surface area contributed by atoms with E-state index >= 15 is 0 Å². The third-order valence-corrected chi connectivity index (χ3v) is 6.00. The molecule has 4 aromatic rings. The van der Waals surface area contributed by atoms with Gasteiger partial charge in [0.25, 0.3) is 5.91 Å². The lowest BCUT2D eigenvalue weighted by Crippen LogP contribution is -2.42. The van der Waals surface area contributed by atoms with Gasteiger partial charge in [0.2, 0.25) is 5.88 Å². The largest absolute Gasteiger partial charge is 0.481 e. The highest BCUT2D eigenvalue weighted by atomic mass is 35.5. The lowest BCUT2D eigenvalue weighted by atomic mass is 9.95. The normalized spacial score (nSPS) is 11.8. The molecule has 1 atom stereocenters. The van der Waals surface area contributed by atoms with Crippen LogP contribution in [0.3, 0.4) is 0 Å². The molecule has 2 aromatic heterocycles. The number of carboxylic acid groups (broad SMARTS) is 1. The van der Waals surface area contributed by atoms with Crippen LogP contribution in [0, 0.1) is 5.82 Å². The molecule has 0 saturated carbocycles. The average Bonchev–Trinajstić information content (AvgIpc) is 2.83. The maximum atomic E-state index is 14.0. The Morgan fingerprint density at radius 2 is 1.83 bits per heavy atom. The zero-order chi connectivity index (χ0) is 25.1. The van der Waals surface area contributed by atoms with E-state index in [4.69, 9.17) is 27.9 Å². The van der Waals surface area contributed by atoms with Gasteiger partial charge < -0.3 is 15.2 Å². The molecule has 0 aliphatic heterocycles. The number of benzene rings is 2. The minimum atomic E-state index is -1.30. The highest BCUT2D eigenvalue weighted by molar-refractivity contribution is 6.39. The van der Waals surface area contributed by atoms with Crippen molar-refractivity contribution in [2.45, 2.75) is 12.5 Å². The van der Waals surface area contributed by atoms with Crippen LogP contribution >= 0.6 is 23.2 Å². The minimum Gasteiger partial charge on any atom is -0.481 e. The zero-order valence-corrected chi connectivity index (χ0v) is 19.8. The smallest absolute Gasteiger partial charge is 0.326 e. The number of carbonyl (C=O) groups is 2. The first kappa shape index (κ1) is 24.4. The number of fused-ring (bicyclic) bond motifs is 1. The van der Waals surface area contributed by atoms with Crippen LogP contribution in [-0.2, 0) is 11.2 Å². The van der Waals surface area contributed by atoms with E-state index in [9.17, 15) is 19.1 Å². The molecule has 1 unspecified atom stereocenters. The van der Waals surface area contributed by atoms with Crippen LogP contribution in [0.1, 0.15) is 15.9 Å². The van der Waals surface area contributed by atoms with Gasteiger partial charge in [0.1, 0.15) is 11.9 Å². The number of nitrogens with one attached hydrogen (secondary N) is 1. The van der Waals surface area contributed by atoms with Gasteiger partial charge in [-0.15, -0.1) is 0 Å². The van der Waals surface area contributed by atoms with Crippen LogP contribution in [0.15, 0.2) is 60.9 Å². The van der Waals surface area contributed by atoms with Crippen LogP contribution in [0.25, 0.3) is 22.0 Å². The number of amides is 1. The van der Waals surface area contributed by atoms with Gasteiger partial charge in [-0.05, 0) is 35.4 Å². The highest BCUT2D eigenvalue weighted by Crippen LogP contribution is 2.35. The number of halogens is 3. The molecule has 0 aliphatic rings. The summed E-state index contributed by atoms with van der Waals surface area (Å²) >= 11 is 12.2. The fraction of sp³-hybridized carbons (Fsp3) is 0.120. The summed E-state index contributed by atoms with van der Waals surface area (Å²) in [7, 11) is 1.43. The lowest BCUT2D eigenvalue weighted by molar-refractivity contribution is -0.139. The Labute approximate surface area is 209 Å². The van der Waals surface area contributed by atoms with Gasteiger partial charge in [-0.3, -0.25) is 9.78 Å². The van der Waals surface area contributed by atoms with Crippen molar-refractivity contribution in [2.75, 3.05) is 7.11 Å². The third kappa shape index (κ3) is 5.03. The molecule has 0 spiro atoms. The highest BCUT2D eigenvalue weighted by Gasteiger charge is 2.25. The van der Waals surface area contributed by atoms with Gasteiger partial charge in [0.15, 0.2) is 0 Å². The van der Waals surface area contributed by atoms with Crippen molar-refractivity contribution in [3.05, 3.63) is 87.9 Å². The Morgan fingerprint density at radius 1 is 1.09 bits per heavy atom. The molecule has 178 valence electrons. The molecule has 0 aliphatic carbocycles. The first-order valence-electron chi connectivity index (χ1n) is 10.3. The van der Waals surface area contributed by atoms with Crippen LogP contribution < -0.4 is 10.1 Å². The van der Waals surface area contributed by atoms with Gasteiger partial charge in [-0.1, -0.05) is 47.5 Å². The van der Waals surface area contributed by atoms with E-state index < -0.39 is 23.7 Å². The van der Waals surface area contributed by atoms with Crippen LogP contribution in [-0.4, -0.2) is 40.1 Å². The number of ether oxygens (including phenoxy) is 1. The van der Waals surface area contributed by atoms with E-state index in [0.29, 0.717) is 27.6 Å². The molecule has 0 bridgehead atoms. The first-order valence-corrected chi connectivity index (χ1v) is 11.1. The summed E-state index contributed by atoms with van der Waals surface area (Å²) in [5.74, 6) is -2.26. The minimum absolute atomic E-state index is 0.00823. The van der Waals surface area contributed by atoms with Crippen molar-refractivity contribution in [2.24, 2.45) is 0 Å². The molecule has 1 amide bonds. The number of hydrogen-bond donors (Lipinski definition) is 2. The molecule has 4 rings (SSSR count). The second-order valence-corrected chi connectivity index (χ2v) is 8.36. The monoisotopic (exact) mass is 513 g/mol. The second kappa shape index (κ2) is 10.2. The van der Waals surface area contributed by atoms with Crippen molar-refractivity contribution >= 4 is 46.0 Å². The standard InChI is InChI=1S/C25H18Cl2FN3O4/c1-35-24-17(11-14(28)12-30-24)15-8-7-13(22-16(15)4-3-9-29-22)10-20(25(33)34)31-23(32)21-18(26)5-2-6-19(21)27/h2-9,11-12,20H,10H2,1H3,(H,31,32)(H,33,34). The van der Waals surface area contributed by atoms with Gasteiger partial charge in [0, 0.05) is 23.6 Å². The number of carboxylic acids is 1. The molecule has 0 radical (unpaired) electrons. The molecular formula is C25H18Cl2FN3O4. The van der Waals surface area contributed by atoms with E-state index in [-0.39, 0.29) is 27.9 Å². The van der Waals surface area contributed by atoms with Crippen molar-refractivity contribution in [3.63, 3.8) is 0 Å². The Morgan fingerprint density at radius 3 is 2.51 bits per heavy atom. The summed E-state index contributed by atoms with van der Waals surface area (Å²) in [5, 5.41) is 13.1. The summed E-state index contributed by atoms with van der Waals surface area (Å²) in [6, 6.07) is 11.5. The van der Waals surface area contributed by atoms with E-state index in [1.807, 2.05) is 0 Å². The van der Waals surface area contributed by atoms with Gasteiger partial charge in [-0.2, -0.15) is 0 Å². The summed E-state index contributed by atoms with van der Waals surface area (Å²) < 4.78 is 19.3. The Hall–Kier alpha value is -3.75. The quantitative estimate of drug-likeness (QED) is 0.353. The Bertz CT molecular complexity index is 1430. The number of carbonyl (C=O) groups excluding carboxylic acids is 1. The summed E-state index contributed by atoms with van der Waals surface area (Å²) in [4.78, 5) is 33.2. The molecular weight excluding hydrogens is 496 g/mol. The molecule has 0 saturated heterocycles. The second-order valence-electron chi connectivity index (χ2n) is 7.55. The average molecular weight is 514 g/mol. The number of pyridine rings is 2. The summed E-state index contributed by atoms with van der Waals surface area (Å²) in [6.07, 6.45) is 2.55. The zero-order valence-electron chi connectivity index (χ0n) is 18.3.